The first-order valence-corrected chi connectivity index (χ1v) is 8.10. The topological polar surface area (TPSA) is 69.0 Å². The van der Waals surface area contributed by atoms with Crippen molar-refractivity contribution in [2.45, 2.75) is 32.9 Å². The number of allylic oxidation sites excluding steroid dienone is 1. The highest BCUT2D eigenvalue weighted by Crippen LogP contribution is 2.35. The van der Waals surface area contributed by atoms with E-state index in [1.165, 1.54) is 6.33 Å². The molecule has 0 aliphatic carbocycles. The third-order valence-corrected chi connectivity index (χ3v) is 4.07. The highest BCUT2D eigenvalue weighted by Gasteiger charge is 2.34. The molecule has 1 aromatic carbocycles. The van der Waals surface area contributed by atoms with Gasteiger partial charge < -0.3 is 10.1 Å². The summed E-state index contributed by atoms with van der Waals surface area (Å²) < 4.78 is 8.09. The fraction of sp³-hybridized carbons (Fsp3) is 0.312. The van der Waals surface area contributed by atoms with E-state index in [0.29, 0.717) is 11.5 Å². The zero-order valence-corrected chi connectivity index (χ0v) is 14.7. The summed E-state index contributed by atoms with van der Waals surface area (Å²) in [6, 6.07) is 7.43. The first-order valence-electron chi connectivity index (χ1n) is 7.31. The molecule has 0 spiro atoms. The quantitative estimate of drug-likeness (QED) is 0.832. The third-order valence-electron chi connectivity index (χ3n) is 3.54. The van der Waals surface area contributed by atoms with Gasteiger partial charge in [0.05, 0.1) is 11.7 Å². The number of nitrogens with one attached hydrogen (secondary N) is 1. The summed E-state index contributed by atoms with van der Waals surface area (Å²) >= 11 is 3.43. The van der Waals surface area contributed by atoms with Crippen LogP contribution in [0.5, 0.6) is 0 Å². The summed E-state index contributed by atoms with van der Waals surface area (Å²) in [6.07, 6.45) is 1.28. The number of rotatable bonds is 3. The number of hydrogen-bond acceptors (Lipinski definition) is 5. The normalized spacial score (nSPS) is 17.0. The smallest absolute Gasteiger partial charge is 0.338 e. The molecule has 2 aromatic rings. The zero-order valence-electron chi connectivity index (χ0n) is 13.1. The summed E-state index contributed by atoms with van der Waals surface area (Å²) in [7, 11) is 0. The molecule has 0 unspecified atom stereocenters. The number of nitrogens with zero attached hydrogens (tertiary/aromatic N) is 3. The molecule has 0 fully saturated rings. The molecule has 0 bridgehead atoms. The fourth-order valence-electron chi connectivity index (χ4n) is 2.59. The summed E-state index contributed by atoms with van der Waals surface area (Å²) in [5, 5.41) is 7.39. The number of ether oxygens (including phenoxy) is 1. The maximum absolute atomic E-state index is 12.6. The van der Waals surface area contributed by atoms with Crippen LogP contribution in [0.2, 0.25) is 0 Å². The van der Waals surface area contributed by atoms with Crippen molar-refractivity contribution >= 4 is 27.8 Å². The number of esters is 1. The van der Waals surface area contributed by atoms with Crippen molar-refractivity contribution in [3.05, 3.63) is 51.9 Å². The van der Waals surface area contributed by atoms with E-state index in [9.17, 15) is 4.79 Å². The Morgan fingerprint density at radius 2 is 2.04 bits per heavy atom. The summed E-state index contributed by atoms with van der Waals surface area (Å²) in [5.74, 6) is 0.260. The van der Waals surface area contributed by atoms with Gasteiger partial charge in [-0.25, -0.2) is 9.48 Å². The van der Waals surface area contributed by atoms with Gasteiger partial charge in [0.25, 0.3) is 0 Å². The number of benzene rings is 1. The van der Waals surface area contributed by atoms with Gasteiger partial charge in [0, 0.05) is 10.2 Å². The van der Waals surface area contributed by atoms with Crippen molar-refractivity contribution in [2.75, 3.05) is 5.32 Å². The number of fused-ring (bicyclic) bond motifs is 1. The van der Waals surface area contributed by atoms with Crippen molar-refractivity contribution in [3.8, 4) is 0 Å². The molecular weight excluding hydrogens is 360 g/mol. The Morgan fingerprint density at radius 3 is 2.70 bits per heavy atom. The molecular formula is C16H17BrN4O2. The molecule has 6 nitrogen and oxygen atoms in total. The number of anilines is 1. The molecule has 0 radical (unpaired) electrons. The second kappa shape index (κ2) is 6.16. The fourth-order valence-corrected chi connectivity index (χ4v) is 2.85. The minimum absolute atomic E-state index is 0.189. The molecule has 0 amide bonds. The zero-order chi connectivity index (χ0) is 16.6. The van der Waals surface area contributed by atoms with Crippen LogP contribution in [-0.2, 0) is 9.53 Å². The number of carbonyl (C=O) groups excluding carboxylic acids is 1. The van der Waals surface area contributed by atoms with E-state index >= 15 is 0 Å². The van der Waals surface area contributed by atoms with Crippen LogP contribution in [0, 0.1) is 0 Å². The minimum atomic E-state index is -0.368. The molecule has 7 heteroatoms. The van der Waals surface area contributed by atoms with Gasteiger partial charge in [0.2, 0.25) is 5.95 Å². The van der Waals surface area contributed by atoms with Crippen molar-refractivity contribution < 1.29 is 9.53 Å². The monoisotopic (exact) mass is 376 g/mol. The average molecular weight is 377 g/mol. The number of aromatic nitrogens is 3. The Bertz CT molecular complexity index is 765. The Kier molecular flexibility index (Phi) is 4.21. The lowest BCUT2D eigenvalue weighted by Crippen LogP contribution is -2.30. The summed E-state index contributed by atoms with van der Waals surface area (Å²) in [4.78, 5) is 16.8. The van der Waals surface area contributed by atoms with Crippen molar-refractivity contribution in [1.29, 1.82) is 0 Å². The Hall–Kier alpha value is -2.15. The highest BCUT2D eigenvalue weighted by atomic mass is 79.9. The van der Waals surface area contributed by atoms with E-state index in [1.54, 1.807) is 4.68 Å². The van der Waals surface area contributed by atoms with Crippen molar-refractivity contribution in [2.24, 2.45) is 0 Å². The van der Waals surface area contributed by atoms with E-state index < -0.39 is 0 Å². The molecule has 3 rings (SSSR count). The maximum atomic E-state index is 12.6. The van der Waals surface area contributed by atoms with Gasteiger partial charge in [-0.2, -0.15) is 10.1 Å². The first-order chi connectivity index (χ1) is 11.0. The van der Waals surface area contributed by atoms with Gasteiger partial charge in [-0.05, 0) is 38.5 Å². The van der Waals surface area contributed by atoms with Gasteiger partial charge in [-0.1, -0.05) is 28.1 Å². The van der Waals surface area contributed by atoms with Crippen LogP contribution in [0.1, 0.15) is 32.4 Å². The predicted molar refractivity (Wildman–Crippen MR) is 89.9 cm³/mol. The van der Waals surface area contributed by atoms with E-state index in [0.717, 1.165) is 15.7 Å². The van der Waals surface area contributed by atoms with Crippen molar-refractivity contribution in [1.82, 2.24) is 14.8 Å². The molecule has 1 atom stereocenters. The Labute approximate surface area is 142 Å². The Morgan fingerprint density at radius 1 is 1.35 bits per heavy atom. The summed E-state index contributed by atoms with van der Waals surface area (Å²) in [5.41, 5.74) is 2.21. The second-order valence-corrected chi connectivity index (χ2v) is 6.52. The Balaban J connectivity index is 2.10. The van der Waals surface area contributed by atoms with Crippen LogP contribution >= 0.6 is 15.9 Å². The molecule has 1 N–H and O–H groups in total. The van der Waals surface area contributed by atoms with Gasteiger partial charge in [-0.15, -0.1) is 0 Å². The second-order valence-electron chi connectivity index (χ2n) is 5.60. The van der Waals surface area contributed by atoms with E-state index in [4.69, 9.17) is 4.74 Å². The van der Waals surface area contributed by atoms with Crippen LogP contribution in [-0.4, -0.2) is 26.8 Å². The molecule has 23 heavy (non-hydrogen) atoms. The molecule has 0 saturated carbocycles. The average Bonchev–Trinajstić information content (AvgIpc) is 2.93. The highest BCUT2D eigenvalue weighted by molar-refractivity contribution is 9.10. The minimum Gasteiger partial charge on any atom is -0.459 e. The van der Waals surface area contributed by atoms with Gasteiger partial charge >= 0.3 is 5.97 Å². The van der Waals surface area contributed by atoms with Crippen molar-refractivity contribution in [3.63, 3.8) is 0 Å². The van der Waals surface area contributed by atoms with Crippen LogP contribution in [0.4, 0.5) is 5.95 Å². The lowest BCUT2D eigenvalue weighted by molar-refractivity contribution is -0.143. The SMILES string of the molecule is CC1=C(C(=O)OC(C)C)[C@H](c2ccc(Br)cc2)n2ncnc2N1. The first kappa shape index (κ1) is 15.7. The standard InChI is InChI=1S/C16H17BrN4O2/c1-9(2)23-15(22)13-10(3)20-16-18-8-19-21(16)14(13)11-4-6-12(17)7-5-11/h4-9,14H,1-3H3,(H,18,19,20)/t14-/m0/s1. The van der Waals surface area contributed by atoms with E-state index in [2.05, 4.69) is 31.3 Å². The van der Waals surface area contributed by atoms with E-state index in [-0.39, 0.29) is 18.1 Å². The molecule has 0 saturated heterocycles. The van der Waals surface area contributed by atoms with Crippen LogP contribution in [0.25, 0.3) is 0 Å². The number of halogens is 1. The number of carbonyl (C=O) groups is 1. The van der Waals surface area contributed by atoms with Gasteiger partial charge in [0.15, 0.2) is 0 Å². The largest absolute Gasteiger partial charge is 0.459 e. The molecule has 1 aromatic heterocycles. The van der Waals surface area contributed by atoms with Crippen LogP contribution in [0.15, 0.2) is 46.3 Å². The lowest BCUT2D eigenvalue weighted by atomic mass is 9.96. The molecule has 120 valence electrons. The van der Waals surface area contributed by atoms with Crippen LogP contribution in [0.3, 0.4) is 0 Å². The third kappa shape index (κ3) is 3.01. The predicted octanol–water partition coefficient (Wildman–Crippen LogP) is 3.28. The molecule has 2 heterocycles. The van der Waals surface area contributed by atoms with E-state index in [1.807, 2.05) is 45.0 Å². The number of hydrogen-bond donors (Lipinski definition) is 1. The van der Waals surface area contributed by atoms with Gasteiger partial charge in [-0.3, -0.25) is 0 Å². The van der Waals surface area contributed by atoms with Gasteiger partial charge in [0.1, 0.15) is 12.4 Å². The molecule has 1 aliphatic heterocycles. The molecule has 1 aliphatic rings. The lowest BCUT2D eigenvalue weighted by Gasteiger charge is -2.28. The maximum Gasteiger partial charge on any atom is 0.338 e. The summed E-state index contributed by atoms with van der Waals surface area (Å²) in [6.45, 7) is 5.51. The van der Waals surface area contributed by atoms with Crippen LogP contribution < -0.4 is 5.32 Å².